The molecule has 0 N–H and O–H groups in total. The highest BCUT2D eigenvalue weighted by Crippen LogP contribution is 2.30. The molecule has 1 saturated heterocycles. The fraction of sp³-hybridized carbons (Fsp3) is 0.139. The van der Waals surface area contributed by atoms with Gasteiger partial charge < -0.3 is 4.90 Å². The van der Waals surface area contributed by atoms with Gasteiger partial charge in [-0.05, 0) is 47.0 Å². The van der Waals surface area contributed by atoms with Gasteiger partial charge in [-0.25, -0.2) is 0 Å². The van der Waals surface area contributed by atoms with E-state index in [-0.39, 0.29) is 21.3 Å². The minimum atomic E-state index is -0.442. The molecule has 5 aromatic rings. The lowest BCUT2D eigenvalue weighted by molar-refractivity contribution is -0.126. The van der Waals surface area contributed by atoms with Crippen molar-refractivity contribution in [3.8, 4) is 11.8 Å². The Bertz CT molecular complexity index is 2080. The van der Waals surface area contributed by atoms with Crippen molar-refractivity contribution >= 4 is 63.7 Å². The fourth-order valence-electron chi connectivity index (χ4n) is 5.68. The normalized spacial score (nSPS) is 14.8. The van der Waals surface area contributed by atoms with Gasteiger partial charge in [0.25, 0.3) is 11.5 Å². The minimum Gasteiger partial charge on any atom is -0.335 e. The molecule has 1 aliphatic heterocycles. The van der Waals surface area contributed by atoms with Crippen LogP contribution in [-0.2, 0) is 4.79 Å². The van der Waals surface area contributed by atoms with Crippen LogP contribution in [0, 0.1) is 11.3 Å². The molecule has 4 aromatic carbocycles. The monoisotopic (exact) mass is 684 g/mol. The Kier molecular flexibility index (Phi) is 9.74. The zero-order valence-corrected chi connectivity index (χ0v) is 27.5. The summed E-state index contributed by atoms with van der Waals surface area (Å²) in [5.41, 5.74) is 2.73. The summed E-state index contributed by atoms with van der Waals surface area (Å²) < 4.78 is 1.81. The summed E-state index contributed by atoms with van der Waals surface area (Å²) in [6, 6.07) is 34.6. The number of amides is 1. The van der Waals surface area contributed by atoms with E-state index >= 15 is 0 Å². The third kappa shape index (κ3) is 6.54. The van der Waals surface area contributed by atoms with Gasteiger partial charge in [-0.1, -0.05) is 114 Å². The molecule has 6 nitrogen and oxygen atoms in total. The molecule has 0 atom stereocenters. The van der Waals surface area contributed by atoms with E-state index in [4.69, 9.17) is 34.8 Å². The molecule has 1 aliphatic rings. The van der Waals surface area contributed by atoms with E-state index < -0.39 is 11.5 Å². The lowest BCUT2D eigenvalue weighted by Gasteiger charge is -2.39. The topological polar surface area (TPSA) is 69.3 Å². The van der Waals surface area contributed by atoms with E-state index in [9.17, 15) is 14.9 Å². The predicted molar refractivity (Wildman–Crippen MR) is 186 cm³/mol. The molecule has 1 fully saturated rings. The van der Waals surface area contributed by atoms with Crippen LogP contribution in [0.3, 0.4) is 0 Å². The van der Waals surface area contributed by atoms with Gasteiger partial charge in [0.2, 0.25) is 0 Å². The SMILES string of the molecule is N#C/C(C(=O)N1CCN(C(c2ccccc2)c2ccccc2)CC1)=c1/s/c(=C/c2ccccc2Cl)c(=O)n1-c1ccc(Cl)cc1Cl. The Labute approximate surface area is 285 Å². The number of aromatic nitrogens is 1. The van der Waals surface area contributed by atoms with Crippen molar-refractivity contribution in [1.82, 2.24) is 14.4 Å². The molecule has 1 amide bonds. The average molecular weight is 686 g/mol. The van der Waals surface area contributed by atoms with Gasteiger partial charge in [-0.15, -0.1) is 11.3 Å². The average Bonchev–Trinajstić information content (AvgIpc) is 3.38. The number of hydrogen-bond donors (Lipinski definition) is 0. The standard InChI is InChI=1S/C36H27Cl3N4O2S/c37-27-15-16-31(30(39)22-27)43-35(45)32(21-26-13-7-8-14-29(26)38)46-36(43)28(23-40)34(44)42-19-17-41(18-20-42)33(24-9-3-1-4-10-24)25-11-5-2-6-12-25/h1-16,21-22,33H,17-20H2/b32-21+,36-28-. The Balaban J connectivity index is 1.39. The highest BCUT2D eigenvalue weighted by atomic mass is 35.5. The molecule has 46 heavy (non-hydrogen) atoms. The fourth-order valence-corrected chi connectivity index (χ4v) is 7.44. The zero-order chi connectivity index (χ0) is 32.2. The van der Waals surface area contributed by atoms with Crippen LogP contribution in [0.1, 0.15) is 22.7 Å². The van der Waals surface area contributed by atoms with Gasteiger partial charge in [-0.2, -0.15) is 5.26 Å². The van der Waals surface area contributed by atoms with Crippen molar-refractivity contribution < 1.29 is 4.79 Å². The zero-order valence-electron chi connectivity index (χ0n) is 24.4. The highest BCUT2D eigenvalue weighted by molar-refractivity contribution is 7.07. The van der Waals surface area contributed by atoms with E-state index in [1.165, 1.54) is 21.8 Å². The smallest absolute Gasteiger partial charge is 0.273 e. The first-order chi connectivity index (χ1) is 22.4. The second-order valence-electron chi connectivity index (χ2n) is 10.7. The number of nitrogens with zero attached hydrogens (tertiary/aromatic N) is 4. The molecule has 10 heteroatoms. The van der Waals surface area contributed by atoms with E-state index in [1.807, 2.05) is 42.5 Å². The second-order valence-corrected chi connectivity index (χ2v) is 13.0. The number of carbonyl (C=O) groups excluding carboxylic acids is 1. The Morgan fingerprint density at radius 3 is 2.00 bits per heavy atom. The Hall–Kier alpha value is -4.16. The number of benzene rings is 4. The first kappa shape index (κ1) is 31.8. The van der Waals surface area contributed by atoms with E-state index in [1.54, 1.807) is 41.3 Å². The van der Waals surface area contributed by atoms with Gasteiger partial charge in [-0.3, -0.25) is 19.1 Å². The summed E-state index contributed by atoms with van der Waals surface area (Å²) in [5, 5.41) is 11.5. The molecular weight excluding hydrogens is 659 g/mol. The van der Waals surface area contributed by atoms with Crippen LogP contribution in [0.4, 0.5) is 0 Å². The number of nitriles is 1. The van der Waals surface area contributed by atoms with Crippen LogP contribution in [0.5, 0.6) is 0 Å². The summed E-state index contributed by atoms with van der Waals surface area (Å²) >= 11 is 20.2. The lowest BCUT2D eigenvalue weighted by atomic mass is 9.96. The van der Waals surface area contributed by atoms with Crippen molar-refractivity contribution in [2.45, 2.75) is 6.04 Å². The van der Waals surface area contributed by atoms with Crippen molar-refractivity contribution in [2.75, 3.05) is 26.2 Å². The maximum Gasteiger partial charge on any atom is 0.273 e. The van der Waals surface area contributed by atoms with Crippen molar-refractivity contribution in [1.29, 1.82) is 5.26 Å². The molecular formula is C36H27Cl3N4O2S. The molecule has 0 radical (unpaired) electrons. The van der Waals surface area contributed by atoms with E-state index in [0.717, 1.165) is 11.3 Å². The lowest BCUT2D eigenvalue weighted by Crippen LogP contribution is -2.50. The third-order valence-electron chi connectivity index (χ3n) is 7.90. The van der Waals surface area contributed by atoms with Gasteiger partial charge in [0.05, 0.1) is 21.3 Å². The maximum atomic E-state index is 14.1. The quantitative estimate of drug-likeness (QED) is 0.211. The van der Waals surface area contributed by atoms with E-state index in [0.29, 0.717) is 52.0 Å². The molecule has 0 aliphatic carbocycles. The van der Waals surface area contributed by atoms with Crippen LogP contribution in [0.25, 0.3) is 17.3 Å². The molecule has 1 aromatic heterocycles. The van der Waals surface area contributed by atoms with Crippen LogP contribution >= 0.6 is 46.1 Å². The van der Waals surface area contributed by atoms with Gasteiger partial charge in [0.15, 0.2) is 5.57 Å². The summed E-state index contributed by atoms with van der Waals surface area (Å²) in [6.45, 7) is 2.03. The first-order valence-electron chi connectivity index (χ1n) is 14.6. The van der Waals surface area contributed by atoms with Gasteiger partial charge >= 0.3 is 0 Å². The van der Waals surface area contributed by atoms with Crippen LogP contribution in [0.2, 0.25) is 15.1 Å². The highest BCUT2D eigenvalue weighted by Gasteiger charge is 2.30. The molecule has 0 unspecified atom stereocenters. The summed E-state index contributed by atoms with van der Waals surface area (Å²) in [7, 11) is 0. The number of thiazole rings is 1. The molecule has 230 valence electrons. The predicted octanol–water partition coefficient (Wildman–Crippen LogP) is 6.30. The maximum absolute atomic E-state index is 14.1. The van der Waals surface area contributed by atoms with Crippen molar-refractivity contribution in [3.63, 3.8) is 0 Å². The number of hydrogen-bond acceptors (Lipinski definition) is 5. The molecule has 0 bridgehead atoms. The summed E-state index contributed by atoms with van der Waals surface area (Å²) in [6.07, 6.45) is 1.66. The van der Waals surface area contributed by atoms with Crippen LogP contribution < -0.4 is 14.8 Å². The first-order valence-corrected chi connectivity index (χ1v) is 16.5. The van der Waals surface area contributed by atoms with E-state index in [2.05, 4.69) is 35.2 Å². The molecule has 2 heterocycles. The third-order valence-corrected chi connectivity index (χ3v) is 9.88. The van der Waals surface area contributed by atoms with Gasteiger partial charge in [0, 0.05) is 36.2 Å². The molecule has 6 rings (SSSR count). The van der Waals surface area contributed by atoms with Crippen molar-refractivity contribution in [2.24, 2.45) is 0 Å². The van der Waals surface area contributed by atoms with Crippen LogP contribution in [0.15, 0.2) is 108 Å². The van der Waals surface area contributed by atoms with Gasteiger partial charge in [0.1, 0.15) is 10.7 Å². The second kappa shape index (κ2) is 14.1. The number of carbonyl (C=O) groups is 1. The largest absolute Gasteiger partial charge is 0.335 e. The number of piperazine rings is 1. The number of halogens is 3. The molecule has 0 spiro atoms. The summed E-state index contributed by atoms with van der Waals surface area (Å²) in [4.78, 5) is 32.0. The molecule has 0 saturated carbocycles. The minimum absolute atomic E-state index is 0.0245. The number of rotatable bonds is 6. The Morgan fingerprint density at radius 2 is 1.41 bits per heavy atom. The Morgan fingerprint density at radius 1 is 0.804 bits per heavy atom. The van der Waals surface area contributed by atoms with Crippen LogP contribution in [-0.4, -0.2) is 46.5 Å². The van der Waals surface area contributed by atoms with Crippen molar-refractivity contribution in [3.05, 3.63) is 154 Å². The summed E-state index contributed by atoms with van der Waals surface area (Å²) in [5.74, 6) is -0.442.